The van der Waals surface area contributed by atoms with Crippen LogP contribution in [0.5, 0.6) is 0 Å². The van der Waals surface area contributed by atoms with Crippen LogP contribution < -0.4 is 0 Å². The first kappa shape index (κ1) is 8.84. The van der Waals surface area contributed by atoms with Gasteiger partial charge in [0.15, 0.2) is 0 Å². The van der Waals surface area contributed by atoms with Gasteiger partial charge in [-0.3, -0.25) is 0 Å². The van der Waals surface area contributed by atoms with E-state index in [1.165, 1.54) is 0 Å². The van der Waals surface area contributed by atoms with Crippen LogP contribution in [0.3, 0.4) is 0 Å². The molecule has 0 radical (unpaired) electrons. The summed E-state index contributed by atoms with van der Waals surface area (Å²) in [4.78, 5) is 3.81. The van der Waals surface area contributed by atoms with E-state index < -0.39 is 11.2 Å². The van der Waals surface area contributed by atoms with Gasteiger partial charge in [-0.05, 0) is 12.1 Å². The topological polar surface area (TPSA) is 36.0 Å². The molecule has 60 valence electrons. The van der Waals surface area contributed by atoms with Gasteiger partial charge in [0, 0.05) is 11.8 Å². The smallest absolute Gasteiger partial charge is 0.130 e. The molecule has 0 fully saturated rings. The summed E-state index contributed by atoms with van der Waals surface area (Å²) < 4.78 is 10.8. The van der Waals surface area contributed by atoms with Crippen molar-refractivity contribution < 1.29 is 4.55 Å². The van der Waals surface area contributed by atoms with E-state index in [4.69, 9.17) is 11.6 Å². The van der Waals surface area contributed by atoms with Crippen LogP contribution >= 0.6 is 11.6 Å². The lowest BCUT2D eigenvalue weighted by atomic mass is 10.3. The summed E-state index contributed by atoms with van der Waals surface area (Å²) in [6, 6.07) is 3.54. The van der Waals surface area contributed by atoms with E-state index >= 15 is 0 Å². The van der Waals surface area contributed by atoms with Crippen molar-refractivity contribution in [2.45, 2.75) is 5.75 Å². The molecule has 1 heterocycles. The van der Waals surface area contributed by atoms with Crippen LogP contribution in [0.25, 0.3) is 0 Å². The normalized spacial score (nSPS) is 13.0. The summed E-state index contributed by atoms with van der Waals surface area (Å²) in [6.45, 7) is 0. The number of aromatic nitrogens is 1. The van der Waals surface area contributed by atoms with E-state index in [0.717, 1.165) is 5.56 Å². The van der Waals surface area contributed by atoms with Gasteiger partial charge in [0.05, 0.1) is 6.26 Å². The molecule has 1 atom stereocenters. The summed E-state index contributed by atoms with van der Waals surface area (Å²) in [5.41, 5.74) is 0.964. The molecule has 11 heavy (non-hydrogen) atoms. The number of rotatable bonds is 2. The Labute approximate surface area is 73.8 Å². The number of pyridine rings is 1. The lowest BCUT2D eigenvalue weighted by Crippen LogP contribution is -2.00. The molecule has 0 amide bonds. The third kappa shape index (κ3) is 3.10. The minimum Gasteiger partial charge on any atom is -0.616 e. The molecule has 1 aromatic rings. The quantitative estimate of drug-likeness (QED) is 0.524. The van der Waals surface area contributed by atoms with Gasteiger partial charge in [-0.2, -0.15) is 0 Å². The molecule has 0 aromatic carbocycles. The van der Waals surface area contributed by atoms with Gasteiger partial charge in [-0.15, -0.1) is 0 Å². The first-order valence-electron chi connectivity index (χ1n) is 3.09. The zero-order valence-corrected chi connectivity index (χ0v) is 7.65. The molecule has 0 saturated heterocycles. The highest BCUT2D eigenvalue weighted by Crippen LogP contribution is 2.09. The zero-order chi connectivity index (χ0) is 8.27. The van der Waals surface area contributed by atoms with E-state index in [1.807, 2.05) is 6.07 Å². The lowest BCUT2D eigenvalue weighted by Gasteiger charge is -2.03. The molecule has 0 spiro atoms. The van der Waals surface area contributed by atoms with E-state index in [-0.39, 0.29) is 0 Å². The van der Waals surface area contributed by atoms with E-state index in [1.54, 1.807) is 18.5 Å². The van der Waals surface area contributed by atoms with Crippen molar-refractivity contribution in [3.05, 3.63) is 29.0 Å². The predicted molar refractivity (Wildman–Crippen MR) is 47.0 cm³/mol. The summed E-state index contributed by atoms with van der Waals surface area (Å²) in [7, 11) is 0. The first-order chi connectivity index (χ1) is 5.18. The second kappa shape index (κ2) is 3.95. The molecule has 0 aliphatic rings. The Balaban J connectivity index is 2.71. The Morgan fingerprint density at radius 1 is 1.73 bits per heavy atom. The minimum atomic E-state index is -0.811. The third-order valence-corrected chi connectivity index (χ3v) is 2.11. The van der Waals surface area contributed by atoms with Crippen molar-refractivity contribution in [2.75, 3.05) is 6.26 Å². The van der Waals surface area contributed by atoms with Gasteiger partial charge in [0.25, 0.3) is 0 Å². The van der Waals surface area contributed by atoms with Crippen LogP contribution in [0.4, 0.5) is 0 Å². The first-order valence-corrected chi connectivity index (χ1v) is 5.19. The Kier molecular flexibility index (Phi) is 3.17. The standard InChI is InChI=1S/C7H8ClNOS/c1-11(10)5-6-2-3-9-7(8)4-6/h2-4H,5H2,1H3. The molecule has 1 rings (SSSR count). The number of nitrogens with zero attached hydrogens (tertiary/aromatic N) is 1. The van der Waals surface area contributed by atoms with Crippen molar-refractivity contribution >= 4 is 22.8 Å². The van der Waals surface area contributed by atoms with Crippen molar-refractivity contribution in [1.29, 1.82) is 0 Å². The fourth-order valence-corrected chi connectivity index (χ4v) is 1.61. The molecule has 0 saturated carbocycles. The van der Waals surface area contributed by atoms with Crippen LogP contribution in [0.1, 0.15) is 5.56 Å². The lowest BCUT2D eigenvalue weighted by molar-refractivity contribution is 0.600. The van der Waals surface area contributed by atoms with E-state index in [9.17, 15) is 4.55 Å². The molecule has 0 aliphatic heterocycles. The van der Waals surface area contributed by atoms with Crippen LogP contribution in [-0.2, 0) is 16.9 Å². The second-order valence-corrected chi connectivity index (χ2v) is 4.03. The highest BCUT2D eigenvalue weighted by atomic mass is 35.5. The molecule has 1 unspecified atom stereocenters. The Morgan fingerprint density at radius 3 is 3.00 bits per heavy atom. The van der Waals surface area contributed by atoms with E-state index in [0.29, 0.717) is 10.9 Å². The summed E-state index contributed by atoms with van der Waals surface area (Å²) in [5.74, 6) is 0.544. The zero-order valence-electron chi connectivity index (χ0n) is 6.08. The van der Waals surface area contributed by atoms with Gasteiger partial charge < -0.3 is 4.55 Å². The SMILES string of the molecule is C[S+]([O-])Cc1ccnc(Cl)c1. The largest absolute Gasteiger partial charge is 0.616 e. The average Bonchev–Trinajstić information content (AvgIpc) is 1.85. The maximum Gasteiger partial charge on any atom is 0.130 e. The summed E-state index contributed by atoms with van der Waals surface area (Å²) in [5, 5.41) is 0.452. The molecule has 0 N–H and O–H groups in total. The van der Waals surface area contributed by atoms with Crippen LogP contribution in [0, 0.1) is 0 Å². The highest BCUT2D eigenvalue weighted by Gasteiger charge is 2.00. The molecule has 2 nitrogen and oxygen atoms in total. The Morgan fingerprint density at radius 2 is 2.45 bits per heavy atom. The fourth-order valence-electron chi connectivity index (χ4n) is 0.767. The summed E-state index contributed by atoms with van der Waals surface area (Å²) >= 11 is 4.81. The molecule has 0 aliphatic carbocycles. The molecular weight excluding hydrogens is 182 g/mol. The second-order valence-electron chi connectivity index (χ2n) is 2.20. The maximum absolute atomic E-state index is 10.8. The molecule has 0 bridgehead atoms. The fraction of sp³-hybridized carbons (Fsp3) is 0.286. The number of hydrogen-bond donors (Lipinski definition) is 0. The van der Waals surface area contributed by atoms with Crippen molar-refractivity contribution in [1.82, 2.24) is 4.98 Å². The molecule has 4 heteroatoms. The van der Waals surface area contributed by atoms with E-state index in [2.05, 4.69) is 4.98 Å². The summed E-state index contributed by atoms with van der Waals surface area (Å²) in [6.07, 6.45) is 3.28. The van der Waals surface area contributed by atoms with Crippen LogP contribution in [0.2, 0.25) is 5.15 Å². The van der Waals surface area contributed by atoms with Crippen molar-refractivity contribution in [3.63, 3.8) is 0 Å². The number of hydrogen-bond acceptors (Lipinski definition) is 2. The monoisotopic (exact) mass is 189 g/mol. The van der Waals surface area contributed by atoms with Crippen LogP contribution in [-0.4, -0.2) is 15.8 Å². The van der Waals surface area contributed by atoms with Gasteiger partial charge in [0.1, 0.15) is 10.9 Å². The number of halogens is 1. The van der Waals surface area contributed by atoms with Gasteiger partial charge >= 0.3 is 0 Å². The van der Waals surface area contributed by atoms with Gasteiger partial charge in [-0.25, -0.2) is 4.98 Å². The Bertz CT molecular complexity index is 242. The van der Waals surface area contributed by atoms with Gasteiger partial charge in [0.2, 0.25) is 0 Å². The maximum atomic E-state index is 10.8. The third-order valence-electron chi connectivity index (χ3n) is 1.16. The Hall–Kier alpha value is -0.250. The highest BCUT2D eigenvalue weighted by molar-refractivity contribution is 7.89. The van der Waals surface area contributed by atoms with Crippen molar-refractivity contribution in [2.24, 2.45) is 0 Å². The minimum absolute atomic E-state index is 0.452. The molecule has 1 aromatic heterocycles. The van der Waals surface area contributed by atoms with Gasteiger partial charge in [-0.1, -0.05) is 22.8 Å². The molecular formula is C7H8ClNOS. The average molecular weight is 190 g/mol. The van der Waals surface area contributed by atoms with Crippen LogP contribution in [0.15, 0.2) is 18.3 Å². The predicted octanol–water partition coefficient (Wildman–Crippen LogP) is 1.61. The van der Waals surface area contributed by atoms with Crippen molar-refractivity contribution in [3.8, 4) is 0 Å².